The van der Waals surface area contributed by atoms with Crippen molar-refractivity contribution < 1.29 is 9.53 Å². The molecule has 1 atom stereocenters. The first-order valence-electron chi connectivity index (χ1n) is 6.92. The molecule has 1 aromatic heterocycles. The second-order valence-corrected chi connectivity index (χ2v) is 5.15. The molecule has 1 saturated heterocycles. The predicted octanol–water partition coefficient (Wildman–Crippen LogP) is 1.17. The van der Waals surface area contributed by atoms with Crippen molar-refractivity contribution >= 4 is 17.4 Å². The predicted molar refractivity (Wildman–Crippen MR) is 78.9 cm³/mol. The maximum Gasteiger partial charge on any atom is 0.253 e. The first-order valence-corrected chi connectivity index (χ1v) is 6.92. The van der Waals surface area contributed by atoms with Crippen molar-refractivity contribution in [2.75, 3.05) is 44.4 Å². The number of hydrogen-bond acceptors (Lipinski definition) is 5. The fourth-order valence-electron chi connectivity index (χ4n) is 1.99. The van der Waals surface area contributed by atoms with Gasteiger partial charge < -0.3 is 20.3 Å². The normalized spacial score (nSPS) is 18.2. The van der Waals surface area contributed by atoms with Crippen LogP contribution in [0.2, 0.25) is 0 Å². The number of ether oxygens (including phenoxy) is 1. The Bertz CT molecular complexity index is 427. The highest BCUT2D eigenvalue weighted by atomic mass is 16.5. The number of hydrogen-bond donors (Lipinski definition) is 2. The van der Waals surface area contributed by atoms with Gasteiger partial charge in [-0.15, -0.1) is 0 Å². The summed E-state index contributed by atoms with van der Waals surface area (Å²) >= 11 is 0. The Morgan fingerprint density at radius 3 is 2.95 bits per heavy atom. The lowest BCUT2D eigenvalue weighted by molar-refractivity contribution is -0.124. The van der Waals surface area contributed by atoms with E-state index < -0.39 is 0 Å². The van der Waals surface area contributed by atoms with Crippen LogP contribution < -0.4 is 10.6 Å². The van der Waals surface area contributed by atoms with Gasteiger partial charge in [0.15, 0.2) is 0 Å². The van der Waals surface area contributed by atoms with E-state index in [9.17, 15) is 4.79 Å². The molecule has 0 aliphatic carbocycles. The highest BCUT2D eigenvalue weighted by Gasteiger charge is 2.23. The molecule has 1 fully saturated rings. The molecule has 0 saturated carbocycles. The standard InChI is InChI=1S/C14H22N4O2/c1-18(2)8-7-15-13-6-5-11(10-16-13)17-14(19)12-4-3-9-20-12/h5-6,10,12H,3-4,7-9H2,1-2H3,(H,15,16)(H,17,19). The molecule has 110 valence electrons. The third-order valence-corrected chi connectivity index (χ3v) is 3.12. The maximum atomic E-state index is 11.9. The zero-order valence-electron chi connectivity index (χ0n) is 12.1. The Morgan fingerprint density at radius 1 is 1.50 bits per heavy atom. The number of pyridine rings is 1. The number of likely N-dealkylation sites (N-methyl/N-ethyl adjacent to an activating group) is 1. The largest absolute Gasteiger partial charge is 0.369 e. The van der Waals surface area contributed by atoms with E-state index in [1.54, 1.807) is 6.20 Å². The highest BCUT2D eigenvalue weighted by molar-refractivity contribution is 5.94. The fraction of sp³-hybridized carbons (Fsp3) is 0.571. The van der Waals surface area contributed by atoms with Crippen molar-refractivity contribution in [3.05, 3.63) is 18.3 Å². The first kappa shape index (κ1) is 14.7. The van der Waals surface area contributed by atoms with Crippen LogP contribution >= 0.6 is 0 Å². The van der Waals surface area contributed by atoms with E-state index in [1.165, 1.54) is 0 Å². The molecule has 1 unspecified atom stereocenters. The van der Waals surface area contributed by atoms with E-state index in [4.69, 9.17) is 4.74 Å². The molecule has 0 radical (unpaired) electrons. The van der Waals surface area contributed by atoms with Crippen LogP contribution in [0.1, 0.15) is 12.8 Å². The molecule has 1 amide bonds. The van der Waals surface area contributed by atoms with Crippen LogP contribution in [0.4, 0.5) is 11.5 Å². The summed E-state index contributed by atoms with van der Waals surface area (Å²) in [6.45, 7) is 2.45. The van der Waals surface area contributed by atoms with Gasteiger partial charge in [0.05, 0.1) is 11.9 Å². The molecule has 20 heavy (non-hydrogen) atoms. The second kappa shape index (κ2) is 7.21. The monoisotopic (exact) mass is 278 g/mol. The Morgan fingerprint density at radius 2 is 2.35 bits per heavy atom. The molecule has 0 spiro atoms. The minimum absolute atomic E-state index is 0.0855. The van der Waals surface area contributed by atoms with Gasteiger partial charge in [0, 0.05) is 19.7 Å². The van der Waals surface area contributed by atoms with Crippen molar-refractivity contribution in [2.45, 2.75) is 18.9 Å². The lowest BCUT2D eigenvalue weighted by Gasteiger charge is -2.12. The summed E-state index contributed by atoms with van der Waals surface area (Å²) in [6.07, 6.45) is 3.09. The zero-order chi connectivity index (χ0) is 14.4. The van der Waals surface area contributed by atoms with Crippen LogP contribution in [0.5, 0.6) is 0 Å². The van der Waals surface area contributed by atoms with E-state index in [1.807, 2.05) is 26.2 Å². The number of aromatic nitrogens is 1. The summed E-state index contributed by atoms with van der Waals surface area (Å²) in [4.78, 5) is 18.2. The lowest BCUT2D eigenvalue weighted by Crippen LogP contribution is -2.26. The van der Waals surface area contributed by atoms with Gasteiger partial charge in [-0.3, -0.25) is 4.79 Å². The third-order valence-electron chi connectivity index (χ3n) is 3.12. The van der Waals surface area contributed by atoms with E-state index in [0.717, 1.165) is 31.7 Å². The van der Waals surface area contributed by atoms with Gasteiger partial charge in [-0.25, -0.2) is 4.98 Å². The molecule has 2 N–H and O–H groups in total. The average molecular weight is 278 g/mol. The average Bonchev–Trinajstić information content (AvgIpc) is 2.94. The van der Waals surface area contributed by atoms with Gasteiger partial charge in [0.1, 0.15) is 11.9 Å². The quantitative estimate of drug-likeness (QED) is 0.818. The van der Waals surface area contributed by atoms with Gasteiger partial charge in [0.25, 0.3) is 5.91 Å². The van der Waals surface area contributed by atoms with E-state index in [0.29, 0.717) is 12.3 Å². The summed E-state index contributed by atoms with van der Waals surface area (Å²) in [5.74, 6) is 0.722. The molecule has 6 nitrogen and oxygen atoms in total. The summed E-state index contributed by atoms with van der Waals surface area (Å²) in [6, 6.07) is 3.71. The molecular formula is C14H22N4O2. The Hall–Kier alpha value is -1.66. The van der Waals surface area contributed by atoms with Crippen LogP contribution in [-0.4, -0.2) is 55.7 Å². The third kappa shape index (κ3) is 4.47. The number of nitrogens with zero attached hydrogens (tertiary/aromatic N) is 2. The summed E-state index contributed by atoms with van der Waals surface area (Å²) in [5, 5.41) is 6.04. The van der Waals surface area contributed by atoms with Crippen molar-refractivity contribution in [3.8, 4) is 0 Å². The molecule has 1 aromatic rings. The molecule has 2 heterocycles. The highest BCUT2D eigenvalue weighted by Crippen LogP contribution is 2.15. The fourth-order valence-corrected chi connectivity index (χ4v) is 1.99. The van der Waals surface area contributed by atoms with Crippen LogP contribution in [0.25, 0.3) is 0 Å². The second-order valence-electron chi connectivity index (χ2n) is 5.15. The maximum absolute atomic E-state index is 11.9. The molecular weight excluding hydrogens is 256 g/mol. The molecule has 0 bridgehead atoms. The van der Waals surface area contributed by atoms with Gasteiger partial charge in [-0.1, -0.05) is 0 Å². The molecule has 1 aliphatic heterocycles. The number of amides is 1. The number of nitrogens with one attached hydrogen (secondary N) is 2. The summed E-state index contributed by atoms with van der Waals surface area (Å²) in [7, 11) is 4.05. The number of anilines is 2. The number of rotatable bonds is 6. The lowest BCUT2D eigenvalue weighted by atomic mass is 10.2. The minimum Gasteiger partial charge on any atom is -0.369 e. The van der Waals surface area contributed by atoms with Crippen LogP contribution in [0.15, 0.2) is 18.3 Å². The number of carbonyl (C=O) groups excluding carboxylic acids is 1. The van der Waals surface area contributed by atoms with E-state index in [-0.39, 0.29) is 12.0 Å². The SMILES string of the molecule is CN(C)CCNc1ccc(NC(=O)C2CCCO2)cn1. The van der Waals surface area contributed by atoms with Crippen LogP contribution in [0, 0.1) is 0 Å². The molecule has 1 aliphatic rings. The van der Waals surface area contributed by atoms with E-state index >= 15 is 0 Å². The van der Waals surface area contributed by atoms with Gasteiger partial charge in [0.2, 0.25) is 0 Å². The minimum atomic E-state index is -0.312. The Kier molecular flexibility index (Phi) is 5.31. The molecule has 2 rings (SSSR count). The zero-order valence-corrected chi connectivity index (χ0v) is 12.1. The van der Waals surface area contributed by atoms with Crippen molar-refractivity contribution in [3.63, 3.8) is 0 Å². The topological polar surface area (TPSA) is 66.5 Å². The van der Waals surface area contributed by atoms with Crippen LogP contribution in [0.3, 0.4) is 0 Å². The van der Waals surface area contributed by atoms with Gasteiger partial charge >= 0.3 is 0 Å². The number of carbonyl (C=O) groups is 1. The Balaban J connectivity index is 1.80. The molecule has 0 aromatic carbocycles. The smallest absolute Gasteiger partial charge is 0.253 e. The van der Waals surface area contributed by atoms with E-state index in [2.05, 4.69) is 20.5 Å². The first-order chi connectivity index (χ1) is 9.65. The molecule has 6 heteroatoms. The van der Waals surface area contributed by atoms with Crippen molar-refractivity contribution in [1.29, 1.82) is 0 Å². The van der Waals surface area contributed by atoms with Gasteiger partial charge in [-0.05, 0) is 39.1 Å². The van der Waals surface area contributed by atoms with Crippen molar-refractivity contribution in [2.24, 2.45) is 0 Å². The van der Waals surface area contributed by atoms with Crippen molar-refractivity contribution in [1.82, 2.24) is 9.88 Å². The summed E-state index contributed by atoms with van der Waals surface area (Å²) < 4.78 is 5.34. The summed E-state index contributed by atoms with van der Waals surface area (Å²) in [5.41, 5.74) is 0.698. The Labute approximate surface area is 119 Å². The van der Waals surface area contributed by atoms with Gasteiger partial charge in [-0.2, -0.15) is 0 Å². The van der Waals surface area contributed by atoms with Crippen LogP contribution in [-0.2, 0) is 9.53 Å².